The van der Waals surface area contributed by atoms with Crippen LogP contribution >= 0.6 is 15.9 Å². The molecule has 0 radical (unpaired) electrons. The van der Waals surface area contributed by atoms with Gasteiger partial charge in [0.15, 0.2) is 0 Å². The molecule has 1 amide bonds. The van der Waals surface area contributed by atoms with Crippen molar-refractivity contribution in [3.63, 3.8) is 0 Å². The topological polar surface area (TPSA) is 55.6 Å². The smallest absolute Gasteiger partial charge is 0.223 e. The van der Waals surface area contributed by atoms with Crippen molar-refractivity contribution in [2.45, 2.75) is 45.7 Å². The van der Waals surface area contributed by atoms with Gasteiger partial charge in [0.25, 0.3) is 0 Å². The van der Waals surface area contributed by atoms with Gasteiger partial charge in [-0.2, -0.15) is 0 Å². The van der Waals surface area contributed by atoms with E-state index in [0.29, 0.717) is 18.9 Å². The molecule has 5 heteroatoms. The molecular formula is C18H25BrN2O2. The maximum absolute atomic E-state index is 12.7. The number of hydrogen-bond donors (Lipinski definition) is 1. The Kier molecular flexibility index (Phi) is 4.45. The summed E-state index contributed by atoms with van der Waals surface area (Å²) in [7, 11) is 1.70. The highest BCUT2D eigenvalue weighted by Gasteiger charge is 2.47. The van der Waals surface area contributed by atoms with E-state index in [9.17, 15) is 4.79 Å². The van der Waals surface area contributed by atoms with Crippen LogP contribution < -0.4 is 10.5 Å². The molecule has 0 aromatic heterocycles. The number of ether oxygens (including phenoxy) is 1. The lowest BCUT2D eigenvalue weighted by atomic mass is 9.58. The SMILES string of the molecule is COc1ccc(Br)c2c1CCN(C(=O)CC1CC(N)C1(C)C)C2. The second kappa shape index (κ2) is 6.10. The zero-order valence-electron chi connectivity index (χ0n) is 14.1. The van der Waals surface area contributed by atoms with Gasteiger partial charge in [-0.05, 0) is 41.9 Å². The van der Waals surface area contributed by atoms with E-state index in [0.717, 1.165) is 29.6 Å². The summed E-state index contributed by atoms with van der Waals surface area (Å²) >= 11 is 3.61. The van der Waals surface area contributed by atoms with Gasteiger partial charge >= 0.3 is 0 Å². The second-order valence-corrected chi connectivity index (χ2v) is 8.19. The molecule has 126 valence electrons. The summed E-state index contributed by atoms with van der Waals surface area (Å²) in [6, 6.07) is 4.21. The summed E-state index contributed by atoms with van der Waals surface area (Å²) < 4.78 is 6.51. The van der Waals surface area contributed by atoms with E-state index in [4.69, 9.17) is 10.5 Å². The van der Waals surface area contributed by atoms with Crippen molar-refractivity contribution in [2.24, 2.45) is 17.1 Å². The van der Waals surface area contributed by atoms with Crippen molar-refractivity contribution in [3.8, 4) is 5.75 Å². The van der Waals surface area contributed by atoms with Crippen molar-refractivity contribution >= 4 is 21.8 Å². The lowest BCUT2D eigenvalue weighted by Gasteiger charge is -2.50. The molecule has 4 nitrogen and oxygen atoms in total. The van der Waals surface area contributed by atoms with E-state index in [1.165, 1.54) is 11.1 Å². The van der Waals surface area contributed by atoms with Crippen LogP contribution in [0.1, 0.15) is 37.8 Å². The third-order valence-corrected chi connectivity index (χ3v) is 6.59. The molecule has 2 N–H and O–H groups in total. The van der Waals surface area contributed by atoms with Gasteiger partial charge in [-0.15, -0.1) is 0 Å². The van der Waals surface area contributed by atoms with Crippen LogP contribution in [0.2, 0.25) is 0 Å². The highest BCUT2D eigenvalue weighted by molar-refractivity contribution is 9.10. The molecule has 0 spiro atoms. The fourth-order valence-electron chi connectivity index (χ4n) is 3.75. The van der Waals surface area contributed by atoms with E-state index in [1.807, 2.05) is 17.0 Å². The number of carbonyl (C=O) groups excluding carboxylic acids is 1. The Morgan fingerprint density at radius 1 is 1.43 bits per heavy atom. The number of fused-ring (bicyclic) bond motifs is 1. The van der Waals surface area contributed by atoms with Gasteiger partial charge < -0.3 is 15.4 Å². The van der Waals surface area contributed by atoms with Crippen molar-refractivity contribution in [3.05, 3.63) is 27.7 Å². The lowest BCUT2D eigenvalue weighted by Crippen LogP contribution is -2.55. The van der Waals surface area contributed by atoms with Gasteiger partial charge in [-0.1, -0.05) is 29.8 Å². The molecule has 1 saturated carbocycles. The van der Waals surface area contributed by atoms with Gasteiger partial charge in [0.2, 0.25) is 5.91 Å². The van der Waals surface area contributed by atoms with Crippen molar-refractivity contribution in [2.75, 3.05) is 13.7 Å². The minimum atomic E-state index is 0.0765. The number of halogens is 1. The summed E-state index contributed by atoms with van der Waals surface area (Å²) in [4.78, 5) is 14.7. The van der Waals surface area contributed by atoms with Crippen LogP contribution in [0.5, 0.6) is 5.75 Å². The van der Waals surface area contributed by atoms with Crippen molar-refractivity contribution in [1.82, 2.24) is 4.90 Å². The molecule has 2 atom stereocenters. The maximum Gasteiger partial charge on any atom is 0.223 e. The van der Waals surface area contributed by atoms with E-state index in [1.54, 1.807) is 7.11 Å². The molecule has 1 fully saturated rings. The Hall–Kier alpha value is -1.07. The first-order valence-corrected chi connectivity index (χ1v) is 9.01. The lowest BCUT2D eigenvalue weighted by molar-refractivity contribution is -0.136. The molecule has 2 aliphatic rings. The molecule has 0 saturated heterocycles. The minimum Gasteiger partial charge on any atom is -0.496 e. The first-order chi connectivity index (χ1) is 10.8. The molecule has 1 aromatic rings. The molecule has 3 rings (SSSR count). The Bertz CT molecular complexity index is 630. The Morgan fingerprint density at radius 2 is 2.17 bits per heavy atom. The highest BCUT2D eigenvalue weighted by atomic mass is 79.9. The predicted molar refractivity (Wildman–Crippen MR) is 94.3 cm³/mol. The second-order valence-electron chi connectivity index (χ2n) is 7.34. The molecule has 1 aromatic carbocycles. The monoisotopic (exact) mass is 380 g/mol. The van der Waals surface area contributed by atoms with Crippen LogP contribution in [0.3, 0.4) is 0 Å². The van der Waals surface area contributed by atoms with E-state index < -0.39 is 0 Å². The Morgan fingerprint density at radius 3 is 2.78 bits per heavy atom. The molecule has 0 bridgehead atoms. The maximum atomic E-state index is 12.7. The van der Waals surface area contributed by atoms with Gasteiger partial charge in [-0.25, -0.2) is 0 Å². The first-order valence-electron chi connectivity index (χ1n) is 8.22. The van der Waals surface area contributed by atoms with Crippen LogP contribution in [-0.2, 0) is 17.8 Å². The predicted octanol–water partition coefficient (Wildman–Crippen LogP) is 3.11. The summed E-state index contributed by atoms with van der Waals surface area (Å²) in [5, 5.41) is 0. The van der Waals surface area contributed by atoms with E-state index in [-0.39, 0.29) is 17.4 Å². The normalized spacial score (nSPS) is 25.5. The number of carbonyl (C=O) groups is 1. The van der Waals surface area contributed by atoms with Gasteiger partial charge in [0, 0.05) is 35.6 Å². The van der Waals surface area contributed by atoms with Gasteiger partial charge in [-0.3, -0.25) is 4.79 Å². The van der Waals surface area contributed by atoms with E-state index >= 15 is 0 Å². The van der Waals surface area contributed by atoms with Gasteiger partial charge in [0.1, 0.15) is 5.75 Å². The summed E-state index contributed by atoms with van der Waals surface area (Å²) in [5.74, 6) is 1.57. The molecule has 1 heterocycles. The van der Waals surface area contributed by atoms with Crippen molar-refractivity contribution < 1.29 is 9.53 Å². The number of amides is 1. The van der Waals surface area contributed by atoms with Crippen LogP contribution in [0.25, 0.3) is 0 Å². The number of methoxy groups -OCH3 is 1. The average Bonchev–Trinajstić information content (AvgIpc) is 2.54. The summed E-state index contributed by atoms with van der Waals surface area (Å²) in [6.07, 6.45) is 2.41. The quantitative estimate of drug-likeness (QED) is 0.876. The zero-order valence-corrected chi connectivity index (χ0v) is 15.6. The molecule has 1 aliphatic carbocycles. The third-order valence-electron chi connectivity index (χ3n) is 5.85. The standard InChI is InChI=1S/C18H25BrN2O2/c1-18(2)11(8-16(18)20)9-17(22)21-7-6-12-13(10-21)14(19)4-5-15(12)23-3/h4-5,11,16H,6-10,20H2,1-3H3. The van der Waals surface area contributed by atoms with Crippen molar-refractivity contribution in [1.29, 1.82) is 0 Å². The number of nitrogens with two attached hydrogens (primary N) is 1. The number of rotatable bonds is 3. The van der Waals surface area contributed by atoms with Crippen LogP contribution in [-0.4, -0.2) is 30.5 Å². The summed E-state index contributed by atoms with van der Waals surface area (Å²) in [5.41, 5.74) is 8.54. The molecule has 1 aliphatic heterocycles. The fraction of sp³-hybridized carbons (Fsp3) is 0.611. The average molecular weight is 381 g/mol. The van der Waals surface area contributed by atoms with Crippen LogP contribution in [0.15, 0.2) is 16.6 Å². The highest BCUT2D eigenvalue weighted by Crippen LogP contribution is 2.47. The van der Waals surface area contributed by atoms with Crippen LogP contribution in [0.4, 0.5) is 0 Å². The molecule has 23 heavy (non-hydrogen) atoms. The molecular weight excluding hydrogens is 356 g/mol. The zero-order chi connectivity index (χ0) is 16.8. The van der Waals surface area contributed by atoms with E-state index in [2.05, 4.69) is 29.8 Å². The largest absolute Gasteiger partial charge is 0.496 e. The van der Waals surface area contributed by atoms with Gasteiger partial charge in [0.05, 0.1) is 7.11 Å². The minimum absolute atomic E-state index is 0.0765. The number of nitrogens with zero attached hydrogens (tertiary/aromatic N) is 1. The summed E-state index contributed by atoms with van der Waals surface area (Å²) in [6.45, 7) is 5.77. The Balaban J connectivity index is 1.71. The third kappa shape index (κ3) is 2.89. The van der Waals surface area contributed by atoms with Crippen LogP contribution in [0, 0.1) is 11.3 Å². The fourth-order valence-corrected chi connectivity index (χ4v) is 4.25. The molecule has 2 unspecified atom stereocenters. The number of hydrogen-bond acceptors (Lipinski definition) is 3. The Labute approximate surface area is 146 Å². The first kappa shape index (κ1) is 16.8. The number of benzene rings is 1.